The summed E-state index contributed by atoms with van der Waals surface area (Å²) in [4.78, 5) is 27.9. The number of nitrogens with zero attached hydrogens (tertiary/aromatic N) is 2. The lowest BCUT2D eigenvalue weighted by Gasteiger charge is -2.27. The van der Waals surface area contributed by atoms with Gasteiger partial charge >= 0.3 is 5.97 Å². The van der Waals surface area contributed by atoms with Crippen molar-refractivity contribution in [2.24, 2.45) is 5.92 Å². The van der Waals surface area contributed by atoms with Crippen LogP contribution in [0.2, 0.25) is 0 Å². The maximum atomic E-state index is 12.5. The van der Waals surface area contributed by atoms with Gasteiger partial charge in [-0.25, -0.2) is 0 Å². The first-order chi connectivity index (χ1) is 10.5. The zero-order valence-corrected chi connectivity index (χ0v) is 14.5. The van der Waals surface area contributed by atoms with Crippen LogP contribution in [-0.2, 0) is 14.3 Å². The molecular weight excluding hydrogens is 280 g/mol. The normalized spacial score (nSPS) is 15.8. The van der Waals surface area contributed by atoms with E-state index < -0.39 is 0 Å². The first-order valence-corrected chi connectivity index (χ1v) is 8.52. The van der Waals surface area contributed by atoms with E-state index in [0.717, 1.165) is 19.5 Å². The second-order valence-electron chi connectivity index (χ2n) is 6.57. The molecule has 1 aliphatic rings. The Bertz CT molecular complexity index is 339. The van der Waals surface area contributed by atoms with Crippen LogP contribution in [-0.4, -0.2) is 62.5 Å². The maximum Gasteiger partial charge on any atom is 0.307 e. The molecule has 1 amide bonds. The van der Waals surface area contributed by atoms with Crippen molar-refractivity contribution >= 4 is 11.9 Å². The highest BCUT2D eigenvalue weighted by atomic mass is 16.5. The number of carbonyl (C=O) groups is 2. The van der Waals surface area contributed by atoms with Crippen LogP contribution in [0, 0.1) is 5.92 Å². The van der Waals surface area contributed by atoms with E-state index in [2.05, 4.69) is 9.64 Å². The van der Waals surface area contributed by atoms with Crippen molar-refractivity contribution in [2.45, 2.75) is 51.4 Å². The van der Waals surface area contributed by atoms with Crippen LogP contribution in [0.15, 0.2) is 0 Å². The van der Waals surface area contributed by atoms with Crippen LogP contribution in [0.5, 0.6) is 0 Å². The molecule has 0 heterocycles. The quantitative estimate of drug-likeness (QED) is 0.613. The van der Waals surface area contributed by atoms with Crippen molar-refractivity contribution in [1.29, 1.82) is 0 Å². The first-order valence-electron chi connectivity index (χ1n) is 8.52. The van der Waals surface area contributed by atoms with Crippen molar-refractivity contribution in [3.8, 4) is 0 Å². The molecule has 0 aromatic carbocycles. The van der Waals surface area contributed by atoms with E-state index in [9.17, 15) is 9.59 Å². The Hall–Kier alpha value is -1.10. The summed E-state index contributed by atoms with van der Waals surface area (Å²) >= 11 is 0. The predicted octanol–water partition coefficient (Wildman–Crippen LogP) is 2.30. The number of carbonyl (C=O) groups excluding carboxylic acids is 2. The van der Waals surface area contributed by atoms with E-state index in [0.29, 0.717) is 18.9 Å². The summed E-state index contributed by atoms with van der Waals surface area (Å²) < 4.78 is 4.69. The molecule has 1 aliphatic carbocycles. The summed E-state index contributed by atoms with van der Waals surface area (Å²) in [5, 5.41) is 0. The lowest BCUT2D eigenvalue weighted by atomic mass is 9.86. The second-order valence-corrected chi connectivity index (χ2v) is 6.57. The number of methoxy groups -OCH3 is 1. The van der Waals surface area contributed by atoms with Gasteiger partial charge in [0.25, 0.3) is 0 Å². The Balaban J connectivity index is 2.45. The molecule has 1 saturated carbocycles. The minimum absolute atomic E-state index is 0.203. The average molecular weight is 312 g/mol. The third-order valence-corrected chi connectivity index (χ3v) is 4.39. The molecule has 0 N–H and O–H groups in total. The van der Waals surface area contributed by atoms with Crippen molar-refractivity contribution in [3.63, 3.8) is 0 Å². The van der Waals surface area contributed by atoms with E-state index in [1.165, 1.54) is 39.2 Å². The van der Waals surface area contributed by atoms with Crippen LogP contribution >= 0.6 is 0 Å². The van der Waals surface area contributed by atoms with Gasteiger partial charge in [0, 0.05) is 19.5 Å². The number of amides is 1. The van der Waals surface area contributed by atoms with Gasteiger partial charge < -0.3 is 14.5 Å². The van der Waals surface area contributed by atoms with Gasteiger partial charge in [0.15, 0.2) is 0 Å². The van der Waals surface area contributed by atoms with E-state index >= 15 is 0 Å². The van der Waals surface area contributed by atoms with Crippen LogP contribution in [0.1, 0.15) is 51.4 Å². The molecular formula is C17H32N2O3. The molecule has 0 bridgehead atoms. The maximum absolute atomic E-state index is 12.5. The molecule has 5 heteroatoms. The van der Waals surface area contributed by atoms with Gasteiger partial charge in [-0.1, -0.05) is 19.3 Å². The van der Waals surface area contributed by atoms with Gasteiger partial charge in [-0.2, -0.15) is 0 Å². The van der Waals surface area contributed by atoms with E-state index in [-0.39, 0.29) is 18.3 Å². The third-order valence-electron chi connectivity index (χ3n) is 4.39. The molecule has 1 rings (SSSR count). The van der Waals surface area contributed by atoms with E-state index in [4.69, 9.17) is 0 Å². The summed E-state index contributed by atoms with van der Waals surface area (Å²) in [6.07, 6.45) is 8.02. The van der Waals surface area contributed by atoms with Crippen molar-refractivity contribution in [3.05, 3.63) is 0 Å². The van der Waals surface area contributed by atoms with Crippen LogP contribution in [0.4, 0.5) is 0 Å². The van der Waals surface area contributed by atoms with E-state index in [1.54, 1.807) is 0 Å². The lowest BCUT2D eigenvalue weighted by molar-refractivity contribution is -0.142. The van der Waals surface area contributed by atoms with E-state index in [1.807, 2.05) is 19.0 Å². The van der Waals surface area contributed by atoms with Gasteiger partial charge in [0.1, 0.15) is 0 Å². The van der Waals surface area contributed by atoms with Gasteiger partial charge in [-0.3, -0.25) is 9.59 Å². The topological polar surface area (TPSA) is 49.9 Å². The van der Waals surface area contributed by atoms with Gasteiger partial charge in [-0.15, -0.1) is 0 Å². The molecule has 0 aliphatic heterocycles. The van der Waals surface area contributed by atoms with Crippen molar-refractivity contribution < 1.29 is 14.3 Å². The van der Waals surface area contributed by atoms with Crippen LogP contribution in [0.3, 0.4) is 0 Å². The van der Waals surface area contributed by atoms with Crippen LogP contribution < -0.4 is 0 Å². The SMILES string of the molecule is COC(=O)CCN(CCCN(C)C)C(=O)CC1CCCCC1. The molecule has 5 nitrogen and oxygen atoms in total. The zero-order chi connectivity index (χ0) is 16.4. The Morgan fingerprint density at radius 2 is 1.73 bits per heavy atom. The Morgan fingerprint density at radius 3 is 2.32 bits per heavy atom. The molecule has 0 atom stereocenters. The number of rotatable bonds is 9. The molecule has 0 spiro atoms. The molecule has 0 aromatic rings. The highest BCUT2D eigenvalue weighted by Gasteiger charge is 2.21. The number of esters is 1. The average Bonchev–Trinajstić information content (AvgIpc) is 2.50. The summed E-state index contributed by atoms with van der Waals surface area (Å²) in [7, 11) is 5.45. The fourth-order valence-corrected chi connectivity index (χ4v) is 3.03. The number of hydrogen-bond acceptors (Lipinski definition) is 4. The fraction of sp³-hybridized carbons (Fsp3) is 0.882. The Kier molecular flexibility index (Phi) is 9.13. The second kappa shape index (κ2) is 10.6. The number of ether oxygens (including phenoxy) is 1. The monoisotopic (exact) mass is 312 g/mol. The summed E-state index contributed by atoms with van der Waals surface area (Å²) in [6.45, 7) is 2.15. The molecule has 22 heavy (non-hydrogen) atoms. The van der Waals surface area contributed by atoms with Crippen molar-refractivity contribution in [2.75, 3.05) is 40.8 Å². The predicted molar refractivity (Wildman–Crippen MR) is 87.6 cm³/mol. The molecule has 0 unspecified atom stereocenters. The van der Waals surface area contributed by atoms with Gasteiger partial charge in [0.05, 0.1) is 13.5 Å². The van der Waals surface area contributed by atoms with Gasteiger partial charge in [-0.05, 0) is 45.8 Å². The Labute approximate surface area is 135 Å². The standard InChI is InChI=1S/C17H32N2O3/c1-18(2)11-7-12-19(13-10-17(21)22-3)16(20)14-15-8-5-4-6-9-15/h15H,4-14H2,1-3H3. The zero-order valence-electron chi connectivity index (χ0n) is 14.5. The molecule has 1 fully saturated rings. The molecule has 0 aromatic heterocycles. The molecule has 0 saturated heterocycles. The lowest BCUT2D eigenvalue weighted by Crippen LogP contribution is -2.36. The minimum atomic E-state index is -0.247. The third kappa shape index (κ3) is 7.78. The fourth-order valence-electron chi connectivity index (χ4n) is 3.03. The Morgan fingerprint density at radius 1 is 1.05 bits per heavy atom. The first kappa shape index (κ1) is 18.9. The van der Waals surface area contributed by atoms with Crippen molar-refractivity contribution in [1.82, 2.24) is 9.80 Å². The summed E-state index contributed by atoms with van der Waals surface area (Å²) in [5.74, 6) is 0.494. The summed E-state index contributed by atoms with van der Waals surface area (Å²) in [5.41, 5.74) is 0. The molecule has 128 valence electrons. The largest absolute Gasteiger partial charge is 0.469 e. The number of hydrogen-bond donors (Lipinski definition) is 0. The smallest absolute Gasteiger partial charge is 0.307 e. The molecule has 0 radical (unpaired) electrons. The highest BCUT2D eigenvalue weighted by Crippen LogP contribution is 2.26. The highest BCUT2D eigenvalue weighted by molar-refractivity contribution is 5.77. The summed E-state index contributed by atoms with van der Waals surface area (Å²) in [6, 6.07) is 0. The minimum Gasteiger partial charge on any atom is -0.469 e. The van der Waals surface area contributed by atoms with Gasteiger partial charge in [0.2, 0.25) is 5.91 Å². The van der Waals surface area contributed by atoms with Crippen LogP contribution in [0.25, 0.3) is 0 Å².